The van der Waals surface area contributed by atoms with Gasteiger partial charge < -0.3 is 4.90 Å². The Morgan fingerprint density at radius 3 is 2.57 bits per heavy atom. The Bertz CT molecular complexity index is 802. The van der Waals surface area contributed by atoms with Gasteiger partial charge in [-0.2, -0.15) is 13.2 Å². The van der Waals surface area contributed by atoms with Crippen LogP contribution < -0.4 is 0 Å². The van der Waals surface area contributed by atoms with Crippen LogP contribution in [-0.4, -0.2) is 51.9 Å². The molecule has 0 unspecified atom stereocenters. The lowest BCUT2D eigenvalue weighted by atomic mass is 10.1. The van der Waals surface area contributed by atoms with E-state index >= 15 is 0 Å². The second-order valence-corrected chi connectivity index (χ2v) is 6.72. The van der Waals surface area contributed by atoms with Crippen LogP contribution in [0.3, 0.4) is 0 Å². The number of carbonyl (C=O) groups is 1. The van der Waals surface area contributed by atoms with Gasteiger partial charge in [-0.15, -0.1) is 12.4 Å². The average molecular weight is 435 g/mol. The molecule has 10 heteroatoms. The zero-order valence-electron chi connectivity index (χ0n) is 14.8. The third-order valence-corrected chi connectivity index (χ3v) is 4.65. The zero-order chi connectivity index (χ0) is 19.4. The summed E-state index contributed by atoms with van der Waals surface area (Å²) in [5, 5.41) is 0.420. The molecule has 0 radical (unpaired) electrons. The van der Waals surface area contributed by atoms with Crippen molar-refractivity contribution < 1.29 is 18.0 Å². The highest BCUT2D eigenvalue weighted by Crippen LogP contribution is 2.32. The maximum Gasteiger partial charge on any atom is 0.417 e. The van der Waals surface area contributed by atoms with E-state index < -0.39 is 23.2 Å². The zero-order valence-corrected chi connectivity index (χ0v) is 16.4. The summed E-state index contributed by atoms with van der Waals surface area (Å²) in [7, 11) is 0. The average Bonchev–Trinajstić information content (AvgIpc) is 2.88. The van der Waals surface area contributed by atoms with Crippen LogP contribution >= 0.6 is 24.0 Å². The van der Waals surface area contributed by atoms with Crippen LogP contribution in [0.5, 0.6) is 0 Å². The van der Waals surface area contributed by atoms with Gasteiger partial charge in [-0.3, -0.25) is 14.7 Å². The summed E-state index contributed by atoms with van der Waals surface area (Å²) in [6.45, 7) is 2.71. The van der Waals surface area contributed by atoms with Crippen molar-refractivity contribution in [3.63, 3.8) is 0 Å². The predicted octanol–water partition coefficient (Wildman–Crippen LogP) is 3.92. The van der Waals surface area contributed by atoms with Gasteiger partial charge in [-0.05, 0) is 24.1 Å². The first-order valence-electron chi connectivity index (χ1n) is 8.48. The summed E-state index contributed by atoms with van der Waals surface area (Å²) in [5.41, 5.74) is -0.359. The smallest absolute Gasteiger partial charge is 0.337 e. The molecule has 0 atom stereocenters. The van der Waals surface area contributed by atoms with Gasteiger partial charge in [-0.1, -0.05) is 17.7 Å². The molecule has 1 saturated heterocycles. The summed E-state index contributed by atoms with van der Waals surface area (Å²) < 4.78 is 39.5. The minimum atomic E-state index is -4.59. The molecule has 2 aromatic rings. The Hall–Kier alpha value is -1.90. The van der Waals surface area contributed by atoms with E-state index in [1.165, 1.54) is 4.90 Å². The fourth-order valence-electron chi connectivity index (χ4n) is 3.07. The Morgan fingerprint density at radius 2 is 1.89 bits per heavy atom. The second kappa shape index (κ2) is 9.54. The number of halogens is 5. The van der Waals surface area contributed by atoms with Crippen LogP contribution in [0.1, 0.15) is 27.9 Å². The molecule has 0 saturated carbocycles. The maximum absolute atomic E-state index is 13.2. The fraction of sp³-hybridized carbons (Fsp3) is 0.389. The number of carbonyl (C=O) groups excluding carboxylic acids is 1. The van der Waals surface area contributed by atoms with E-state index in [0.717, 1.165) is 30.6 Å². The van der Waals surface area contributed by atoms with Gasteiger partial charge in [-0.25, -0.2) is 4.98 Å². The second-order valence-electron chi connectivity index (χ2n) is 6.33. The van der Waals surface area contributed by atoms with E-state index in [2.05, 4.69) is 14.9 Å². The molecule has 0 aromatic carbocycles. The third kappa shape index (κ3) is 5.56. The lowest BCUT2D eigenvalue weighted by Crippen LogP contribution is -2.36. The van der Waals surface area contributed by atoms with Crippen molar-refractivity contribution >= 4 is 29.9 Å². The molecule has 152 valence electrons. The van der Waals surface area contributed by atoms with Crippen LogP contribution in [-0.2, 0) is 12.7 Å². The van der Waals surface area contributed by atoms with E-state index in [1.54, 1.807) is 12.3 Å². The van der Waals surface area contributed by atoms with E-state index in [-0.39, 0.29) is 12.4 Å². The first kappa shape index (κ1) is 22.4. The highest BCUT2D eigenvalue weighted by atomic mass is 35.5. The Morgan fingerprint density at radius 1 is 1.11 bits per heavy atom. The minimum absolute atomic E-state index is 0. The number of amides is 1. The van der Waals surface area contributed by atoms with Crippen molar-refractivity contribution in [2.24, 2.45) is 0 Å². The molecule has 0 spiro atoms. The standard InChI is InChI=1S/C18H18ClF3N4O.ClH/c19-16-3-2-13(10-24-16)12-25-6-1-7-26(9-8-25)17(27)14-11-23-5-4-15(14)18(20,21)22;/h2-5,10-11H,1,6-9,12H2;1H. The minimum Gasteiger partial charge on any atom is -0.337 e. The first-order chi connectivity index (χ1) is 12.8. The van der Waals surface area contributed by atoms with Crippen LogP contribution in [0, 0.1) is 0 Å². The third-order valence-electron chi connectivity index (χ3n) is 4.43. The molecule has 1 fully saturated rings. The number of aromatic nitrogens is 2. The molecule has 1 aliphatic rings. The van der Waals surface area contributed by atoms with E-state index in [0.29, 0.717) is 37.8 Å². The molecule has 2 aromatic heterocycles. The fourth-order valence-corrected chi connectivity index (χ4v) is 3.18. The SMILES string of the molecule is Cl.O=C(c1cnccc1C(F)(F)F)N1CCCN(Cc2ccc(Cl)nc2)CC1. The lowest BCUT2D eigenvalue weighted by molar-refractivity contribution is -0.138. The van der Waals surface area contributed by atoms with Gasteiger partial charge in [0, 0.05) is 51.3 Å². The number of hydrogen-bond acceptors (Lipinski definition) is 4. The summed E-state index contributed by atoms with van der Waals surface area (Å²) >= 11 is 5.78. The number of rotatable bonds is 3. The molecule has 1 aliphatic heterocycles. The van der Waals surface area contributed by atoms with Gasteiger partial charge in [0.2, 0.25) is 0 Å². The molecule has 0 N–H and O–H groups in total. The van der Waals surface area contributed by atoms with Crippen molar-refractivity contribution in [1.82, 2.24) is 19.8 Å². The van der Waals surface area contributed by atoms with Crippen molar-refractivity contribution in [3.05, 3.63) is 58.6 Å². The molecule has 0 bridgehead atoms. The Balaban J connectivity index is 0.00000280. The molecule has 1 amide bonds. The molecule has 5 nitrogen and oxygen atoms in total. The Labute approximate surface area is 171 Å². The first-order valence-corrected chi connectivity index (χ1v) is 8.85. The number of pyridine rings is 2. The lowest BCUT2D eigenvalue weighted by Gasteiger charge is -2.23. The van der Waals surface area contributed by atoms with Crippen LogP contribution in [0.15, 0.2) is 36.8 Å². The van der Waals surface area contributed by atoms with Gasteiger partial charge in [0.05, 0.1) is 11.1 Å². The van der Waals surface area contributed by atoms with E-state index in [4.69, 9.17) is 11.6 Å². The van der Waals surface area contributed by atoms with Gasteiger partial charge in [0.25, 0.3) is 5.91 Å². The normalized spacial score (nSPS) is 15.6. The largest absolute Gasteiger partial charge is 0.417 e. The van der Waals surface area contributed by atoms with Gasteiger partial charge in [0.1, 0.15) is 5.15 Å². The van der Waals surface area contributed by atoms with Gasteiger partial charge in [0.15, 0.2) is 0 Å². The molecule has 3 rings (SSSR count). The van der Waals surface area contributed by atoms with Crippen molar-refractivity contribution in [1.29, 1.82) is 0 Å². The highest BCUT2D eigenvalue weighted by Gasteiger charge is 2.36. The predicted molar refractivity (Wildman–Crippen MR) is 102 cm³/mol. The monoisotopic (exact) mass is 434 g/mol. The quantitative estimate of drug-likeness (QED) is 0.686. The summed E-state index contributed by atoms with van der Waals surface area (Å²) in [6, 6.07) is 4.44. The van der Waals surface area contributed by atoms with Crippen molar-refractivity contribution in [2.75, 3.05) is 26.2 Å². The Kier molecular flexibility index (Phi) is 7.63. The highest BCUT2D eigenvalue weighted by molar-refractivity contribution is 6.29. The summed E-state index contributed by atoms with van der Waals surface area (Å²) in [6.07, 6.45) is -0.180. The van der Waals surface area contributed by atoms with Crippen LogP contribution in [0.2, 0.25) is 5.15 Å². The van der Waals surface area contributed by atoms with Crippen molar-refractivity contribution in [2.45, 2.75) is 19.1 Å². The van der Waals surface area contributed by atoms with Crippen molar-refractivity contribution in [3.8, 4) is 0 Å². The maximum atomic E-state index is 13.2. The summed E-state index contributed by atoms with van der Waals surface area (Å²) in [5.74, 6) is -0.634. The van der Waals surface area contributed by atoms with Crippen LogP contribution in [0.25, 0.3) is 0 Å². The number of nitrogens with zero attached hydrogens (tertiary/aromatic N) is 4. The van der Waals surface area contributed by atoms with E-state index in [9.17, 15) is 18.0 Å². The molecular formula is C18H19Cl2F3N4O. The number of alkyl halides is 3. The topological polar surface area (TPSA) is 49.3 Å². The van der Waals surface area contributed by atoms with Gasteiger partial charge >= 0.3 is 6.18 Å². The van der Waals surface area contributed by atoms with Crippen LogP contribution in [0.4, 0.5) is 13.2 Å². The molecular weight excluding hydrogens is 416 g/mol. The number of hydrogen-bond donors (Lipinski definition) is 0. The molecule has 28 heavy (non-hydrogen) atoms. The van der Waals surface area contributed by atoms with E-state index in [1.807, 2.05) is 6.07 Å². The molecule has 0 aliphatic carbocycles. The molecule has 3 heterocycles. The summed E-state index contributed by atoms with van der Waals surface area (Å²) in [4.78, 5) is 24.0.